The molecule has 0 aliphatic carbocycles. The predicted octanol–water partition coefficient (Wildman–Crippen LogP) is 1.87. The molecular formula is C13H15N3O3S. The van der Waals surface area contributed by atoms with Crippen LogP contribution in [0, 0.1) is 0 Å². The first-order chi connectivity index (χ1) is 9.49. The second-order valence-electron chi connectivity index (χ2n) is 4.54. The molecule has 0 saturated carbocycles. The van der Waals surface area contributed by atoms with Crippen molar-refractivity contribution in [1.82, 2.24) is 14.8 Å². The summed E-state index contributed by atoms with van der Waals surface area (Å²) >= 11 is 0. The van der Waals surface area contributed by atoms with Crippen LogP contribution in [0.4, 0.5) is 0 Å². The van der Waals surface area contributed by atoms with Crippen molar-refractivity contribution in [3.63, 3.8) is 0 Å². The van der Waals surface area contributed by atoms with Crippen molar-refractivity contribution in [2.75, 3.05) is 0 Å². The van der Waals surface area contributed by atoms with Crippen LogP contribution in [0.3, 0.4) is 0 Å². The first-order valence-corrected chi connectivity index (χ1v) is 7.41. The summed E-state index contributed by atoms with van der Waals surface area (Å²) in [6, 6.07) is 6.27. The Morgan fingerprint density at radius 2 is 2.20 bits per heavy atom. The van der Waals surface area contributed by atoms with Gasteiger partial charge < -0.3 is 5.11 Å². The number of rotatable bonds is 5. The Bertz CT molecular complexity index is 652. The lowest BCUT2D eigenvalue weighted by Crippen LogP contribution is -2.10. The molecule has 7 heteroatoms. The third-order valence-corrected chi connectivity index (χ3v) is 4.04. The number of nitrogens with zero attached hydrogens (tertiary/aromatic N) is 3. The Labute approximate surface area is 118 Å². The number of hydrogen-bond acceptors (Lipinski definition) is 4. The van der Waals surface area contributed by atoms with E-state index in [1.54, 1.807) is 16.8 Å². The minimum Gasteiger partial charge on any atom is -0.478 e. The standard InChI is InChI=1S/C13H15N3O3S/c1-9(2)16-12(14-8-15-16)7-20(19)11-5-3-4-10(6-11)13(17)18/h3-6,8-9H,7H2,1-2H3,(H,17,18). The van der Waals surface area contributed by atoms with E-state index in [1.165, 1.54) is 18.5 Å². The number of aromatic nitrogens is 3. The molecule has 1 unspecified atom stereocenters. The highest BCUT2D eigenvalue weighted by Gasteiger charge is 2.14. The van der Waals surface area contributed by atoms with Gasteiger partial charge in [0.05, 0.1) is 22.1 Å². The summed E-state index contributed by atoms with van der Waals surface area (Å²) in [6.45, 7) is 3.93. The lowest BCUT2D eigenvalue weighted by atomic mass is 10.2. The van der Waals surface area contributed by atoms with Gasteiger partial charge in [0.1, 0.15) is 12.2 Å². The second kappa shape index (κ2) is 5.96. The van der Waals surface area contributed by atoms with Crippen molar-refractivity contribution in [3.8, 4) is 0 Å². The fraction of sp³-hybridized carbons (Fsp3) is 0.308. The van der Waals surface area contributed by atoms with Crippen LogP contribution >= 0.6 is 0 Å². The van der Waals surface area contributed by atoms with Gasteiger partial charge in [-0.3, -0.25) is 4.21 Å². The minimum atomic E-state index is -1.35. The van der Waals surface area contributed by atoms with E-state index in [0.29, 0.717) is 10.7 Å². The Balaban J connectivity index is 2.22. The van der Waals surface area contributed by atoms with E-state index < -0.39 is 16.8 Å². The van der Waals surface area contributed by atoms with Gasteiger partial charge in [0.25, 0.3) is 0 Å². The van der Waals surface area contributed by atoms with Gasteiger partial charge in [0.2, 0.25) is 0 Å². The summed E-state index contributed by atoms with van der Waals surface area (Å²) in [6.07, 6.45) is 1.43. The molecule has 0 bridgehead atoms. The van der Waals surface area contributed by atoms with Crippen LogP contribution in [-0.2, 0) is 16.6 Å². The first-order valence-electron chi connectivity index (χ1n) is 6.09. The van der Waals surface area contributed by atoms with Crippen LogP contribution in [0.5, 0.6) is 0 Å². The molecule has 0 amide bonds. The molecule has 0 spiro atoms. The Morgan fingerprint density at radius 1 is 1.45 bits per heavy atom. The molecule has 1 atom stereocenters. The number of aromatic carboxylic acids is 1. The van der Waals surface area contributed by atoms with E-state index in [4.69, 9.17) is 5.11 Å². The summed E-state index contributed by atoms with van der Waals surface area (Å²) < 4.78 is 14.0. The quantitative estimate of drug-likeness (QED) is 0.909. The van der Waals surface area contributed by atoms with Crippen LogP contribution in [-0.4, -0.2) is 30.0 Å². The number of carbonyl (C=O) groups is 1. The fourth-order valence-corrected chi connectivity index (χ4v) is 2.88. The van der Waals surface area contributed by atoms with E-state index in [9.17, 15) is 9.00 Å². The Kier molecular flexibility index (Phi) is 4.29. The molecule has 6 nitrogen and oxygen atoms in total. The normalized spacial score (nSPS) is 12.6. The van der Waals surface area contributed by atoms with Crippen LogP contribution < -0.4 is 0 Å². The summed E-state index contributed by atoms with van der Waals surface area (Å²) in [7, 11) is -1.35. The molecule has 1 heterocycles. The molecule has 0 aliphatic rings. The molecule has 1 N–H and O–H groups in total. The van der Waals surface area contributed by atoms with Crippen LogP contribution in [0.25, 0.3) is 0 Å². The predicted molar refractivity (Wildman–Crippen MR) is 73.9 cm³/mol. The maximum Gasteiger partial charge on any atom is 0.335 e. The van der Waals surface area contributed by atoms with Crippen LogP contribution in [0.2, 0.25) is 0 Å². The van der Waals surface area contributed by atoms with Crippen LogP contribution in [0.1, 0.15) is 36.1 Å². The molecule has 0 aliphatic heterocycles. The van der Waals surface area contributed by atoms with Gasteiger partial charge in [-0.15, -0.1) is 0 Å². The molecule has 0 saturated heterocycles. The van der Waals surface area contributed by atoms with Gasteiger partial charge in [0.15, 0.2) is 0 Å². The molecule has 1 aromatic carbocycles. The summed E-state index contributed by atoms with van der Waals surface area (Å²) in [5, 5.41) is 13.0. The zero-order chi connectivity index (χ0) is 14.7. The largest absolute Gasteiger partial charge is 0.478 e. The Morgan fingerprint density at radius 3 is 2.85 bits per heavy atom. The second-order valence-corrected chi connectivity index (χ2v) is 5.99. The monoisotopic (exact) mass is 293 g/mol. The van der Waals surface area contributed by atoms with Gasteiger partial charge in [0, 0.05) is 10.9 Å². The number of carboxylic acid groups (broad SMARTS) is 1. The van der Waals surface area contributed by atoms with Gasteiger partial charge >= 0.3 is 5.97 Å². The van der Waals surface area contributed by atoms with E-state index in [2.05, 4.69) is 10.1 Å². The molecular weight excluding hydrogens is 278 g/mol. The minimum absolute atomic E-state index is 0.126. The maximum atomic E-state index is 12.3. The van der Waals surface area contributed by atoms with Gasteiger partial charge in [-0.25, -0.2) is 14.5 Å². The molecule has 20 heavy (non-hydrogen) atoms. The van der Waals surface area contributed by atoms with Crippen molar-refractivity contribution >= 4 is 16.8 Å². The zero-order valence-corrected chi connectivity index (χ0v) is 12.0. The van der Waals surface area contributed by atoms with E-state index in [-0.39, 0.29) is 17.4 Å². The molecule has 2 aromatic rings. The van der Waals surface area contributed by atoms with Crippen molar-refractivity contribution in [3.05, 3.63) is 42.0 Å². The summed E-state index contributed by atoms with van der Waals surface area (Å²) in [5.41, 5.74) is 0.126. The molecule has 2 rings (SSSR count). The third kappa shape index (κ3) is 3.11. The van der Waals surface area contributed by atoms with Gasteiger partial charge in [-0.2, -0.15) is 5.10 Å². The fourth-order valence-electron chi connectivity index (χ4n) is 1.78. The van der Waals surface area contributed by atoms with E-state index >= 15 is 0 Å². The highest BCUT2D eigenvalue weighted by molar-refractivity contribution is 7.84. The van der Waals surface area contributed by atoms with Crippen molar-refractivity contribution in [2.24, 2.45) is 0 Å². The maximum absolute atomic E-state index is 12.3. The lowest BCUT2D eigenvalue weighted by molar-refractivity contribution is 0.0696. The topological polar surface area (TPSA) is 85.1 Å². The van der Waals surface area contributed by atoms with Gasteiger partial charge in [-0.1, -0.05) is 6.07 Å². The number of carboxylic acids is 1. The van der Waals surface area contributed by atoms with Crippen molar-refractivity contribution in [2.45, 2.75) is 30.5 Å². The van der Waals surface area contributed by atoms with Crippen molar-refractivity contribution in [1.29, 1.82) is 0 Å². The first kappa shape index (κ1) is 14.4. The molecule has 0 fully saturated rings. The SMILES string of the molecule is CC(C)n1ncnc1CS(=O)c1cccc(C(=O)O)c1. The summed E-state index contributed by atoms with van der Waals surface area (Å²) in [4.78, 5) is 15.5. The lowest BCUT2D eigenvalue weighted by Gasteiger charge is -2.09. The third-order valence-electron chi connectivity index (χ3n) is 2.74. The smallest absolute Gasteiger partial charge is 0.335 e. The average molecular weight is 293 g/mol. The summed E-state index contributed by atoms with van der Waals surface area (Å²) in [5.74, 6) is -0.199. The highest BCUT2D eigenvalue weighted by atomic mass is 32.2. The van der Waals surface area contributed by atoms with Crippen molar-refractivity contribution < 1.29 is 14.1 Å². The number of hydrogen-bond donors (Lipinski definition) is 1. The molecule has 106 valence electrons. The Hall–Kier alpha value is -2.02. The van der Waals surface area contributed by atoms with E-state index in [1.807, 2.05) is 13.8 Å². The molecule has 0 radical (unpaired) electrons. The average Bonchev–Trinajstić information content (AvgIpc) is 2.87. The molecule has 1 aromatic heterocycles. The van der Waals surface area contributed by atoms with Gasteiger partial charge in [-0.05, 0) is 32.0 Å². The van der Waals surface area contributed by atoms with Crippen LogP contribution in [0.15, 0.2) is 35.5 Å². The highest BCUT2D eigenvalue weighted by Crippen LogP contribution is 2.15. The number of benzene rings is 1. The van der Waals surface area contributed by atoms with E-state index in [0.717, 1.165) is 0 Å². The zero-order valence-electron chi connectivity index (χ0n) is 11.2.